The zero-order valence-corrected chi connectivity index (χ0v) is 10.4. The van der Waals surface area contributed by atoms with Crippen molar-refractivity contribution in [2.24, 2.45) is 4.99 Å². The Morgan fingerprint density at radius 3 is 2.44 bits per heavy atom. The lowest BCUT2D eigenvalue weighted by Gasteiger charge is -2.06. The van der Waals surface area contributed by atoms with Crippen LogP contribution in [0.3, 0.4) is 0 Å². The highest BCUT2D eigenvalue weighted by Crippen LogP contribution is 2.20. The molecule has 0 aliphatic carbocycles. The van der Waals surface area contributed by atoms with E-state index in [2.05, 4.69) is 16.9 Å². The molecule has 1 N–H and O–H groups in total. The number of aliphatic imine (C=N–C) groups is 1. The van der Waals surface area contributed by atoms with E-state index in [1.165, 1.54) is 0 Å². The fourth-order valence-electron chi connectivity index (χ4n) is 1.70. The van der Waals surface area contributed by atoms with Gasteiger partial charge in [-0.3, -0.25) is 0 Å². The average molecular weight is 236 g/mol. The van der Waals surface area contributed by atoms with Gasteiger partial charge in [0, 0.05) is 5.69 Å². The summed E-state index contributed by atoms with van der Waals surface area (Å²) in [7, 11) is 0. The highest BCUT2D eigenvalue weighted by molar-refractivity contribution is 5.95. The summed E-state index contributed by atoms with van der Waals surface area (Å²) in [4.78, 5) is 4.56. The molecule has 0 aliphatic rings. The molecular formula is C16H16N2. The van der Waals surface area contributed by atoms with Gasteiger partial charge < -0.3 is 5.32 Å². The first-order chi connectivity index (χ1) is 8.79. The zero-order chi connectivity index (χ0) is 12.8. The number of rotatable bonds is 3. The number of benzene rings is 2. The molecule has 0 aromatic heterocycles. The lowest BCUT2D eigenvalue weighted by molar-refractivity contribution is 1.45. The molecule has 18 heavy (non-hydrogen) atoms. The fraction of sp³-hybridized carbons (Fsp3) is 0.0625. The second kappa shape index (κ2) is 5.82. The Morgan fingerprint density at radius 2 is 1.72 bits per heavy atom. The van der Waals surface area contributed by atoms with Gasteiger partial charge in [-0.15, -0.1) is 0 Å². The van der Waals surface area contributed by atoms with E-state index in [1.54, 1.807) is 0 Å². The smallest absolute Gasteiger partial charge is 0.103 e. The first-order valence-corrected chi connectivity index (χ1v) is 5.88. The van der Waals surface area contributed by atoms with Crippen LogP contribution in [-0.4, -0.2) is 5.84 Å². The molecule has 0 radical (unpaired) electrons. The van der Waals surface area contributed by atoms with Gasteiger partial charge in [-0.1, -0.05) is 49.1 Å². The van der Waals surface area contributed by atoms with E-state index in [0.29, 0.717) is 0 Å². The molecule has 0 amide bonds. The first kappa shape index (κ1) is 12.1. The van der Waals surface area contributed by atoms with E-state index >= 15 is 0 Å². The van der Waals surface area contributed by atoms with E-state index < -0.39 is 0 Å². The monoisotopic (exact) mass is 236 g/mol. The number of hydrogen-bond donors (Lipinski definition) is 1. The molecule has 0 heterocycles. The van der Waals surface area contributed by atoms with Gasteiger partial charge in [-0.05, 0) is 30.7 Å². The molecule has 0 saturated heterocycles. The van der Waals surface area contributed by atoms with E-state index in [4.69, 9.17) is 0 Å². The van der Waals surface area contributed by atoms with Crippen LogP contribution in [0, 0.1) is 0 Å². The maximum Gasteiger partial charge on any atom is 0.103 e. The van der Waals surface area contributed by atoms with Gasteiger partial charge in [0.15, 0.2) is 0 Å². The normalized spacial score (nSPS) is 11.1. The molecule has 2 heteroatoms. The molecule has 0 atom stereocenters. The minimum absolute atomic E-state index is 0.857. The van der Waals surface area contributed by atoms with Crippen LogP contribution in [0.1, 0.15) is 12.5 Å². The fourth-order valence-corrected chi connectivity index (χ4v) is 1.70. The average Bonchev–Trinajstić information content (AvgIpc) is 2.40. The van der Waals surface area contributed by atoms with Crippen molar-refractivity contribution in [2.75, 3.05) is 5.32 Å². The van der Waals surface area contributed by atoms with Crippen molar-refractivity contribution in [3.05, 3.63) is 66.7 Å². The van der Waals surface area contributed by atoms with Crippen molar-refractivity contribution in [1.82, 2.24) is 0 Å². The Labute approximate surface area is 108 Å². The van der Waals surface area contributed by atoms with Crippen LogP contribution >= 0.6 is 0 Å². The lowest BCUT2D eigenvalue weighted by atomic mass is 10.2. The second-order valence-electron chi connectivity index (χ2n) is 3.95. The van der Waals surface area contributed by atoms with Gasteiger partial charge >= 0.3 is 0 Å². The molecule has 0 bridgehead atoms. The van der Waals surface area contributed by atoms with Crippen molar-refractivity contribution in [3.8, 4) is 0 Å². The molecular weight excluding hydrogens is 220 g/mol. The molecule has 90 valence electrons. The number of anilines is 1. The quantitative estimate of drug-likeness (QED) is 0.616. The van der Waals surface area contributed by atoms with Gasteiger partial charge in [-0.25, -0.2) is 4.99 Å². The third-order valence-corrected chi connectivity index (χ3v) is 2.54. The van der Waals surface area contributed by atoms with Gasteiger partial charge in [0.2, 0.25) is 0 Å². The summed E-state index contributed by atoms with van der Waals surface area (Å²) in [6, 6.07) is 17.9. The van der Waals surface area contributed by atoms with Gasteiger partial charge in [0.05, 0.1) is 5.69 Å². The predicted octanol–water partition coefficient (Wildman–Crippen LogP) is 4.49. The summed E-state index contributed by atoms with van der Waals surface area (Å²) in [5.41, 5.74) is 3.00. The van der Waals surface area contributed by atoms with Crippen LogP contribution in [0.5, 0.6) is 0 Å². The third-order valence-electron chi connectivity index (χ3n) is 2.54. The third kappa shape index (κ3) is 3.08. The van der Waals surface area contributed by atoms with Crippen molar-refractivity contribution in [2.45, 2.75) is 6.92 Å². The highest BCUT2D eigenvalue weighted by atomic mass is 15.0. The minimum atomic E-state index is 0.857. The molecule has 2 nitrogen and oxygen atoms in total. The molecule has 0 fully saturated rings. The lowest BCUT2D eigenvalue weighted by Crippen LogP contribution is -2.06. The van der Waals surface area contributed by atoms with E-state index in [9.17, 15) is 0 Å². The molecule has 0 spiro atoms. The summed E-state index contributed by atoms with van der Waals surface area (Å²) in [5.74, 6) is 0.857. The molecule has 2 aromatic carbocycles. The van der Waals surface area contributed by atoms with Gasteiger partial charge in [0.25, 0.3) is 0 Å². The topological polar surface area (TPSA) is 24.4 Å². The predicted molar refractivity (Wildman–Crippen MR) is 79.4 cm³/mol. The van der Waals surface area contributed by atoms with Crippen molar-refractivity contribution >= 4 is 23.3 Å². The molecule has 0 saturated carbocycles. The maximum absolute atomic E-state index is 4.56. The van der Waals surface area contributed by atoms with Crippen molar-refractivity contribution in [3.63, 3.8) is 0 Å². The van der Waals surface area contributed by atoms with E-state index in [1.807, 2.05) is 67.6 Å². The van der Waals surface area contributed by atoms with E-state index in [-0.39, 0.29) is 0 Å². The largest absolute Gasteiger partial charge is 0.344 e. The minimum Gasteiger partial charge on any atom is -0.344 e. The molecule has 0 unspecified atom stereocenters. The van der Waals surface area contributed by atoms with Crippen LogP contribution in [0.2, 0.25) is 0 Å². The van der Waals surface area contributed by atoms with Crippen LogP contribution in [0.4, 0.5) is 11.4 Å². The Morgan fingerprint density at radius 1 is 1.06 bits per heavy atom. The van der Waals surface area contributed by atoms with Crippen molar-refractivity contribution in [1.29, 1.82) is 0 Å². The molecule has 0 aliphatic heterocycles. The Kier molecular flexibility index (Phi) is 3.92. The Balaban J connectivity index is 2.20. The van der Waals surface area contributed by atoms with Crippen molar-refractivity contribution < 1.29 is 0 Å². The summed E-state index contributed by atoms with van der Waals surface area (Å²) in [5, 5.41) is 3.26. The Bertz CT molecular complexity index is 556. The number of hydrogen-bond acceptors (Lipinski definition) is 1. The molecule has 2 aromatic rings. The molecule has 2 rings (SSSR count). The van der Waals surface area contributed by atoms with Crippen LogP contribution < -0.4 is 5.32 Å². The number of para-hydroxylation sites is 2. The first-order valence-electron chi connectivity index (χ1n) is 5.88. The summed E-state index contributed by atoms with van der Waals surface area (Å²) >= 11 is 0. The number of nitrogens with zero attached hydrogens (tertiary/aromatic N) is 1. The number of amidine groups is 1. The standard InChI is InChI=1S/C16H16N2/c1-3-14-9-7-8-12-16(14)18-13(2)17-15-10-5-4-6-11-15/h3-12H,1H2,2H3,(H,17,18). The summed E-state index contributed by atoms with van der Waals surface area (Å²) < 4.78 is 0. The van der Waals surface area contributed by atoms with Crippen LogP contribution in [-0.2, 0) is 0 Å². The summed E-state index contributed by atoms with van der Waals surface area (Å²) in [6.07, 6.45) is 1.81. The highest BCUT2D eigenvalue weighted by Gasteiger charge is 1.97. The summed E-state index contributed by atoms with van der Waals surface area (Å²) in [6.45, 7) is 5.74. The van der Waals surface area contributed by atoms with Gasteiger partial charge in [0.1, 0.15) is 5.84 Å². The van der Waals surface area contributed by atoms with Crippen LogP contribution in [0.15, 0.2) is 66.2 Å². The van der Waals surface area contributed by atoms with E-state index in [0.717, 1.165) is 22.8 Å². The van der Waals surface area contributed by atoms with Crippen LogP contribution in [0.25, 0.3) is 6.08 Å². The Hall–Kier alpha value is -2.35. The number of nitrogens with one attached hydrogen (secondary N) is 1. The SMILES string of the molecule is C=Cc1ccccc1N=C(C)Nc1ccccc1. The zero-order valence-electron chi connectivity index (χ0n) is 10.4. The van der Waals surface area contributed by atoms with Gasteiger partial charge in [-0.2, -0.15) is 0 Å². The maximum atomic E-state index is 4.56. The second-order valence-corrected chi connectivity index (χ2v) is 3.95.